The summed E-state index contributed by atoms with van der Waals surface area (Å²) >= 11 is 0. The van der Waals surface area contributed by atoms with Gasteiger partial charge in [0.1, 0.15) is 12.0 Å². The highest BCUT2D eigenvalue weighted by molar-refractivity contribution is 6.05. The lowest BCUT2D eigenvalue weighted by molar-refractivity contribution is 0.0595. The fourth-order valence-corrected chi connectivity index (χ4v) is 3.42. The molecule has 0 saturated carbocycles. The fourth-order valence-electron chi connectivity index (χ4n) is 3.42. The van der Waals surface area contributed by atoms with E-state index in [1.54, 1.807) is 12.1 Å². The van der Waals surface area contributed by atoms with Gasteiger partial charge in [-0.2, -0.15) is 0 Å². The summed E-state index contributed by atoms with van der Waals surface area (Å²) in [5, 5.41) is 2.76. The SMILES string of the molecule is COc1cc(C(=O)N2CCN(C(C)C)CC2)cc(NC(=O)c2ccncn2)c1OC. The molecule has 1 saturated heterocycles. The van der Waals surface area contributed by atoms with Crippen molar-refractivity contribution in [2.24, 2.45) is 0 Å². The summed E-state index contributed by atoms with van der Waals surface area (Å²) in [7, 11) is 2.97. The minimum atomic E-state index is -0.437. The second-order valence-corrected chi connectivity index (χ2v) is 7.23. The van der Waals surface area contributed by atoms with E-state index in [1.165, 1.54) is 32.8 Å². The molecule has 0 atom stereocenters. The first-order valence-corrected chi connectivity index (χ1v) is 9.81. The molecule has 9 heteroatoms. The molecule has 0 spiro atoms. The molecule has 1 fully saturated rings. The van der Waals surface area contributed by atoms with Crippen LogP contribution in [-0.4, -0.2) is 78.0 Å². The maximum Gasteiger partial charge on any atom is 0.274 e. The van der Waals surface area contributed by atoms with Crippen molar-refractivity contribution in [2.45, 2.75) is 19.9 Å². The van der Waals surface area contributed by atoms with E-state index in [0.29, 0.717) is 41.9 Å². The molecule has 0 bridgehead atoms. The summed E-state index contributed by atoms with van der Waals surface area (Å²) < 4.78 is 10.8. The molecule has 0 radical (unpaired) electrons. The van der Waals surface area contributed by atoms with Gasteiger partial charge >= 0.3 is 0 Å². The van der Waals surface area contributed by atoms with E-state index >= 15 is 0 Å². The molecular formula is C21H27N5O4. The average Bonchev–Trinajstić information content (AvgIpc) is 2.78. The van der Waals surface area contributed by atoms with Crippen molar-refractivity contribution in [2.75, 3.05) is 45.7 Å². The maximum atomic E-state index is 13.1. The molecule has 1 aromatic carbocycles. The molecule has 3 rings (SSSR count). The molecule has 1 N–H and O–H groups in total. The molecule has 1 aromatic heterocycles. The monoisotopic (exact) mass is 413 g/mol. The lowest BCUT2D eigenvalue weighted by atomic mass is 10.1. The number of benzene rings is 1. The zero-order valence-electron chi connectivity index (χ0n) is 17.7. The number of amides is 2. The largest absolute Gasteiger partial charge is 0.493 e. The van der Waals surface area contributed by atoms with Crippen LogP contribution in [0.3, 0.4) is 0 Å². The summed E-state index contributed by atoms with van der Waals surface area (Å²) in [6, 6.07) is 5.20. The first kappa shape index (κ1) is 21.5. The Morgan fingerprint density at radius 2 is 1.83 bits per heavy atom. The number of carbonyl (C=O) groups is 2. The van der Waals surface area contributed by atoms with Gasteiger partial charge in [-0.15, -0.1) is 0 Å². The summed E-state index contributed by atoms with van der Waals surface area (Å²) in [6.07, 6.45) is 2.78. The van der Waals surface area contributed by atoms with E-state index < -0.39 is 5.91 Å². The topological polar surface area (TPSA) is 96.9 Å². The Morgan fingerprint density at radius 3 is 2.40 bits per heavy atom. The van der Waals surface area contributed by atoms with Crippen LogP contribution in [0.15, 0.2) is 30.7 Å². The van der Waals surface area contributed by atoms with Gasteiger partial charge in [0.25, 0.3) is 11.8 Å². The molecule has 1 aliphatic heterocycles. The summed E-state index contributed by atoms with van der Waals surface area (Å²) in [5.74, 6) is 0.146. The van der Waals surface area contributed by atoms with Crippen LogP contribution in [-0.2, 0) is 0 Å². The summed E-state index contributed by atoms with van der Waals surface area (Å²) in [4.78, 5) is 37.6. The predicted octanol–water partition coefficient (Wildman–Crippen LogP) is 1.91. The molecule has 9 nitrogen and oxygen atoms in total. The first-order valence-electron chi connectivity index (χ1n) is 9.81. The van der Waals surface area contributed by atoms with Crippen LogP contribution < -0.4 is 14.8 Å². The third-order valence-corrected chi connectivity index (χ3v) is 5.12. The lowest BCUT2D eigenvalue weighted by Crippen LogP contribution is -2.50. The van der Waals surface area contributed by atoms with Gasteiger partial charge in [0, 0.05) is 44.0 Å². The fraction of sp³-hybridized carbons (Fsp3) is 0.429. The van der Waals surface area contributed by atoms with E-state index in [0.717, 1.165) is 13.1 Å². The molecule has 2 heterocycles. The van der Waals surface area contributed by atoms with Crippen LogP contribution in [0, 0.1) is 0 Å². The van der Waals surface area contributed by atoms with Crippen molar-refractivity contribution in [3.8, 4) is 11.5 Å². The van der Waals surface area contributed by atoms with E-state index in [1.807, 2.05) is 4.90 Å². The highest BCUT2D eigenvalue weighted by Gasteiger charge is 2.26. The third-order valence-electron chi connectivity index (χ3n) is 5.12. The van der Waals surface area contributed by atoms with Gasteiger partial charge in [-0.3, -0.25) is 14.5 Å². The molecule has 1 aliphatic rings. The number of aromatic nitrogens is 2. The molecular weight excluding hydrogens is 386 g/mol. The van der Waals surface area contributed by atoms with Gasteiger partial charge in [-0.05, 0) is 32.0 Å². The predicted molar refractivity (Wildman–Crippen MR) is 112 cm³/mol. The second-order valence-electron chi connectivity index (χ2n) is 7.23. The van der Waals surface area contributed by atoms with Gasteiger partial charge < -0.3 is 19.7 Å². The Labute approximate surface area is 176 Å². The first-order chi connectivity index (χ1) is 14.4. The molecule has 2 amide bonds. The Bertz CT molecular complexity index is 896. The number of carbonyl (C=O) groups excluding carboxylic acids is 2. The van der Waals surface area contributed by atoms with Crippen molar-refractivity contribution >= 4 is 17.5 Å². The molecule has 30 heavy (non-hydrogen) atoms. The number of hydrogen-bond donors (Lipinski definition) is 1. The van der Waals surface area contributed by atoms with E-state index in [2.05, 4.69) is 34.0 Å². The Morgan fingerprint density at radius 1 is 1.10 bits per heavy atom. The van der Waals surface area contributed by atoms with E-state index in [9.17, 15) is 9.59 Å². The van der Waals surface area contributed by atoms with Gasteiger partial charge in [0.15, 0.2) is 11.5 Å². The van der Waals surface area contributed by atoms with Crippen molar-refractivity contribution in [1.29, 1.82) is 0 Å². The van der Waals surface area contributed by atoms with Gasteiger partial charge in [0.05, 0.1) is 19.9 Å². The number of anilines is 1. The number of rotatable bonds is 6. The standard InChI is InChI=1S/C21H27N5O4/c1-14(2)25-7-9-26(10-8-25)21(28)15-11-17(19(30-4)18(12-15)29-3)24-20(27)16-5-6-22-13-23-16/h5-6,11-14H,7-10H2,1-4H3,(H,24,27). The number of ether oxygens (including phenoxy) is 2. The molecule has 2 aromatic rings. The van der Waals surface area contributed by atoms with Crippen LogP contribution in [0.2, 0.25) is 0 Å². The van der Waals surface area contributed by atoms with Gasteiger partial charge in [0.2, 0.25) is 0 Å². The molecule has 0 aliphatic carbocycles. The van der Waals surface area contributed by atoms with Crippen molar-refractivity contribution in [3.05, 3.63) is 42.0 Å². The van der Waals surface area contributed by atoms with Crippen LogP contribution in [0.5, 0.6) is 11.5 Å². The number of methoxy groups -OCH3 is 2. The van der Waals surface area contributed by atoms with Crippen LogP contribution >= 0.6 is 0 Å². The molecule has 0 unspecified atom stereocenters. The maximum absolute atomic E-state index is 13.1. The van der Waals surface area contributed by atoms with Crippen LogP contribution in [0.4, 0.5) is 5.69 Å². The summed E-state index contributed by atoms with van der Waals surface area (Å²) in [6.45, 7) is 7.25. The highest BCUT2D eigenvalue weighted by Crippen LogP contribution is 2.37. The van der Waals surface area contributed by atoms with Crippen LogP contribution in [0.1, 0.15) is 34.7 Å². The third kappa shape index (κ3) is 4.68. The number of hydrogen-bond acceptors (Lipinski definition) is 7. The average molecular weight is 413 g/mol. The quantitative estimate of drug-likeness (QED) is 0.773. The minimum absolute atomic E-state index is 0.114. The van der Waals surface area contributed by atoms with Crippen LogP contribution in [0.25, 0.3) is 0 Å². The number of piperazine rings is 1. The second kappa shape index (κ2) is 9.53. The molecule has 160 valence electrons. The smallest absolute Gasteiger partial charge is 0.274 e. The zero-order chi connectivity index (χ0) is 21.7. The Hall–Kier alpha value is -3.20. The van der Waals surface area contributed by atoms with Crippen molar-refractivity contribution in [3.63, 3.8) is 0 Å². The van der Waals surface area contributed by atoms with E-state index in [-0.39, 0.29) is 11.6 Å². The number of nitrogens with zero attached hydrogens (tertiary/aromatic N) is 4. The van der Waals surface area contributed by atoms with E-state index in [4.69, 9.17) is 9.47 Å². The number of nitrogens with one attached hydrogen (secondary N) is 1. The lowest BCUT2D eigenvalue weighted by Gasteiger charge is -2.37. The normalized spacial score (nSPS) is 14.5. The van der Waals surface area contributed by atoms with Gasteiger partial charge in [-0.1, -0.05) is 0 Å². The Kier molecular flexibility index (Phi) is 6.83. The Balaban J connectivity index is 1.86. The van der Waals surface area contributed by atoms with Crippen molar-refractivity contribution < 1.29 is 19.1 Å². The zero-order valence-corrected chi connectivity index (χ0v) is 17.7. The van der Waals surface area contributed by atoms with Gasteiger partial charge in [-0.25, -0.2) is 9.97 Å². The van der Waals surface area contributed by atoms with Crippen molar-refractivity contribution in [1.82, 2.24) is 19.8 Å². The summed E-state index contributed by atoms with van der Waals surface area (Å²) in [5.41, 5.74) is 0.959. The minimum Gasteiger partial charge on any atom is -0.493 e. The highest BCUT2D eigenvalue weighted by atomic mass is 16.5.